The summed E-state index contributed by atoms with van der Waals surface area (Å²) >= 11 is 0. The van der Waals surface area contributed by atoms with Crippen LogP contribution in [0.5, 0.6) is 0 Å². The topological polar surface area (TPSA) is 181 Å². The maximum atomic E-state index is 15.2. The van der Waals surface area contributed by atoms with Gasteiger partial charge in [0.2, 0.25) is 21.9 Å². The average Bonchev–Trinajstić information content (AvgIpc) is 3.11. The number of aromatic nitrogens is 2. The summed E-state index contributed by atoms with van der Waals surface area (Å²) in [6.07, 6.45) is 5.09. The number of sulfonamides is 1. The summed E-state index contributed by atoms with van der Waals surface area (Å²) in [5.41, 5.74) is 4.05. The molecule has 3 aromatic carbocycles. The number of carbonyl (C=O) groups excluding carboxylic acids is 3. The average molecular weight is 750 g/mol. The first kappa shape index (κ1) is 40.2. The molecule has 0 saturated heterocycles. The van der Waals surface area contributed by atoms with Crippen molar-refractivity contribution in [1.29, 1.82) is 0 Å². The quantitative estimate of drug-likeness (QED) is 0.0502. The van der Waals surface area contributed by atoms with Crippen molar-refractivity contribution in [2.24, 2.45) is 0 Å². The Kier molecular flexibility index (Phi) is 14.6. The van der Waals surface area contributed by atoms with Gasteiger partial charge in [0, 0.05) is 31.8 Å². The monoisotopic (exact) mass is 749 g/mol. The second kappa shape index (κ2) is 19.3. The molecule has 2 amide bonds. The van der Waals surface area contributed by atoms with Crippen molar-refractivity contribution in [1.82, 2.24) is 20.8 Å². The Bertz CT molecular complexity index is 1980. The van der Waals surface area contributed by atoms with E-state index in [1.807, 2.05) is 30.3 Å². The van der Waals surface area contributed by atoms with E-state index in [0.717, 1.165) is 35.0 Å². The van der Waals surface area contributed by atoms with E-state index < -0.39 is 33.8 Å². The molecule has 53 heavy (non-hydrogen) atoms. The Morgan fingerprint density at radius 2 is 1.62 bits per heavy atom. The number of nitrogens with zero attached hydrogens (tertiary/aromatic N) is 3. The summed E-state index contributed by atoms with van der Waals surface area (Å²) in [4.78, 5) is 51.4. The van der Waals surface area contributed by atoms with Crippen LogP contribution in [0.15, 0.2) is 79.0 Å². The maximum Gasteiger partial charge on any atom is 0.343 e. The Morgan fingerprint density at radius 1 is 0.906 bits per heavy atom. The standard InChI is InChI=1S/C37H44FN7O7S/c1-25(2)52-36(48)28-23-40-37(43-34(28)41-31-16-11-12-17-32(31)45(3)53(4,49)50)42-30-20-19-27(22-29(30)38)35(47)39-21-13-6-5-10-18-33(46)44-51-24-26-14-8-7-9-15-26/h7-9,11-12,14-17,19-20,22-23,25H,5-6,10,13,18,21,24H2,1-4H3,(H,39,47)(H,44,46)(H2,40,41,42,43). The fraction of sp³-hybridized carbons (Fsp3) is 0.324. The molecule has 16 heteroatoms. The third-order valence-corrected chi connectivity index (χ3v) is 8.90. The third kappa shape index (κ3) is 12.5. The zero-order chi connectivity index (χ0) is 38.4. The Balaban J connectivity index is 1.31. The molecule has 4 aromatic rings. The largest absolute Gasteiger partial charge is 0.459 e. The predicted molar refractivity (Wildman–Crippen MR) is 200 cm³/mol. The van der Waals surface area contributed by atoms with Crippen LogP contribution in [0.25, 0.3) is 0 Å². The van der Waals surface area contributed by atoms with E-state index in [-0.39, 0.29) is 40.2 Å². The molecular weight excluding hydrogens is 706 g/mol. The summed E-state index contributed by atoms with van der Waals surface area (Å²) < 4.78 is 46.2. The van der Waals surface area contributed by atoms with Crippen LogP contribution in [-0.4, -0.2) is 62.1 Å². The smallest absolute Gasteiger partial charge is 0.343 e. The summed E-state index contributed by atoms with van der Waals surface area (Å²) in [6.45, 7) is 4.04. The molecule has 4 rings (SSSR count). The second-order valence-electron chi connectivity index (χ2n) is 12.3. The number of benzene rings is 3. The lowest BCUT2D eigenvalue weighted by Gasteiger charge is -2.21. The van der Waals surface area contributed by atoms with Crippen molar-refractivity contribution < 1.29 is 36.8 Å². The minimum absolute atomic E-state index is 0.0185. The van der Waals surface area contributed by atoms with Crippen LogP contribution < -0.4 is 25.7 Å². The summed E-state index contributed by atoms with van der Waals surface area (Å²) in [5, 5.41) is 8.54. The van der Waals surface area contributed by atoms with Crippen LogP contribution in [0.3, 0.4) is 0 Å². The fourth-order valence-corrected chi connectivity index (χ4v) is 5.41. The number of carbonyl (C=O) groups is 3. The molecular formula is C37H44FN7O7S. The highest BCUT2D eigenvalue weighted by Gasteiger charge is 2.22. The van der Waals surface area contributed by atoms with Gasteiger partial charge in [-0.25, -0.2) is 28.1 Å². The molecule has 0 radical (unpaired) electrons. The number of rotatable bonds is 19. The first-order valence-electron chi connectivity index (χ1n) is 17.0. The zero-order valence-corrected chi connectivity index (χ0v) is 30.8. The van der Waals surface area contributed by atoms with Crippen molar-refractivity contribution in [2.45, 2.75) is 58.7 Å². The van der Waals surface area contributed by atoms with E-state index in [2.05, 4.69) is 31.4 Å². The second-order valence-corrected chi connectivity index (χ2v) is 14.3. The molecule has 0 aliphatic carbocycles. The fourth-order valence-electron chi connectivity index (χ4n) is 4.90. The molecule has 0 aliphatic rings. The Morgan fingerprint density at radius 3 is 2.34 bits per heavy atom. The SMILES string of the molecule is CC(C)OC(=O)c1cnc(Nc2ccc(C(=O)NCCCCCCC(=O)NOCc3ccccc3)cc2F)nc1Nc1ccccc1N(C)S(C)(=O)=O. The molecule has 0 fully saturated rings. The summed E-state index contributed by atoms with van der Waals surface area (Å²) in [7, 11) is -2.24. The molecule has 1 heterocycles. The zero-order valence-electron chi connectivity index (χ0n) is 30.0. The molecule has 14 nitrogen and oxygen atoms in total. The minimum atomic E-state index is -3.63. The predicted octanol–water partition coefficient (Wildman–Crippen LogP) is 5.99. The van der Waals surface area contributed by atoms with Gasteiger partial charge in [-0.3, -0.25) is 18.7 Å². The van der Waals surface area contributed by atoms with Crippen LogP contribution in [0, 0.1) is 5.82 Å². The van der Waals surface area contributed by atoms with Gasteiger partial charge in [0.15, 0.2) is 5.82 Å². The lowest BCUT2D eigenvalue weighted by Crippen LogP contribution is -2.25. The molecule has 0 bridgehead atoms. The number of nitrogens with one attached hydrogen (secondary N) is 4. The van der Waals surface area contributed by atoms with E-state index in [9.17, 15) is 22.8 Å². The lowest BCUT2D eigenvalue weighted by atomic mass is 10.1. The van der Waals surface area contributed by atoms with Crippen molar-refractivity contribution in [3.05, 3.63) is 102 Å². The van der Waals surface area contributed by atoms with Gasteiger partial charge in [0.25, 0.3) is 5.91 Å². The number of para-hydroxylation sites is 2. The highest BCUT2D eigenvalue weighted by molar-refractivity contribution is 7.92. The number of anilines is 5. The number of amides is 2. The number of hydrogen-bond donors (Lipinski definition) is 4. The van der Waals surface area contributed by atoms with Crippen LogP contribution in [0.2, 0.25) is 0 Å². The van der Waals surface area contributed by atoms with Gasteiger partial charge in [-0.05, 0) is 62.6 Å². The molecule has 0 saturated carbocycles. The van der Waals surface area contributed by atoms with Gasteiger partial charge < -0.3 is 20.7 Å². The van der Waals surface area contributed by atoms with E-state index >= 15 is 4.39 Å². The number of halogens is 1. The lowest BCUT2D eigenvalue weighted by molar-refractivity contribution is -0.134. The minimum Gasteiger partial charge on any atom is -0.459 e. The molecule has 0 unspecified atom stereocenters. The molecule has 282 valence electrons. The maximum absolute atomic E-state index is 15.2. The van der Waals surface area contributed by atoms with Crippen molar-refractivity contribution in [2.75, 3.05) is 34.8 Å². The van der Waals surface area contributed by atoms with Crippen LogP contribution in [0.4, 0.5) is 33.2 Å². The van der Waals surface area contributed by atoms with Gasteiger partial charge in [-0.15, -0.1) is 0 Å². The number of hydroxylamine groups is 1. The molecule has 0 aliphatic heterocycles. The van der Waals surface area contributed by atoms with Crippen LogP contribution in [-0.2, 0) is 31.0 Å². The van der Waals surface area contributed by atoms with Gasteiger partial charge in [0.1, 0.15) is 11.4 Å². The van der Waals surface area contributed by atoms with E-state index in [0.29, 0.717) is 38.1 Å². The van der Waals surface area contributed by atoms with Gasteiger partial charge >= 0.3 is 5.97 Å². The van der Waals surface area contributed by atoms with Crippen molar-refractivity contribution in [3.63, 3.8) is 0 Å². The molecule has 4 N–H and O–H groups in total. The van der Waals surface area contributed by atoms with Gasteiger partial charge in [-0.1, -0.05) is 55.3 Å². The number of hydrogen-bond acceptors (Lipinski definition) is 11. The van der Waals surface area contributed by atoms with E-state index in [1.165, 1.54) is 25.4 Å². The first-order chi connectivity index (χ1) is 25.3. The number of esters is 1. The highest BCUT2D eigenvalue weighted by atomic mass is 32.2. The summed E-state index contributed by atoms with van der Waals surface area (Å²) in [6, 6.07) is 19.9. The van der Waals surface area contributed by atoms with E-state index in [1.54, 1.807) is 38.1 Å². The molecule has 0 atom stereocenters. The van der Waals surface area contributed by atoms with Gasteiger partial charge in [-0.2, -0.15) is 4.98 Å². The number of ether oxygens (including phenoxy) is 1. The number of unbranched alkanes of at least 4 members (excludes halogenated alkanes) is 3. The summed E-state index contributed by atoms with van der Waals surface area (Å²) in [5.74, 6) is -2.21. The molecule has 0 spiro atoms. The normalized spacial score (nSPS) is 11.1. The third-order valence-electron chi connectivity index (χ3n) is 7.71. The Hall–Kier alpha value is -5.61. The van der Waals surface area contributed by atoms with Crippen molar-refractivity contribution in [3.8, 4) is 0 Å². The van der Waals surface area contributed by atoms with Crippen molar-refractivity contribution >= 4 is 56.6 Å². The van der Waals surface area contributed by atoms with E-state index in [4.69, 9.17) is 9.57 Å². The van der Waals surface area contributed by atoms with Crippen LogP contribution in [0.1, 0.15) is 72.2 Å². The van der Waals surface area contributed by atoms with Gasteiger partial charge in [0.05, 0.1) is 36.0 Å². The Labute approximate surface area is 308 Å². The molecule has 1 aromatic heterocycles. The highest BCUT2D eigenvalue weighted by Crippen LogP contribution is 2.31. The first-order valence-corrected chi connectivity index (χ1v) is 18.8. The van der Waals surface area contributed by atoms with Crippen LogP contribution >= 0.6 is 0 Å².